The third kappa shape index (κ3) is 2.80. The van der Waals surface area contributed by atoms with Crippen LogP contribution in [0.2, 0.25) is 0 Å². The Morgan fingerprint density at radius 1 is 0.650 bits per heavy atom. The standard InChI is InChI=1S/C20H18/c1-16-14-18(15-17-8-4-2-5-9-17)12-13-20(16)19-10-6-3-7-11-19/h2-14H,15H2,1H3. The van der Waals surface area contributed by atoms with Gasteiger partial charge in [-0.25, -0.2) is 0 Å². The third-order valence-electron chi connectivity index (χ3n) is 3.63. The van der Waals surface area contributed by atoms with E-state index in [0.29, 0.717) is 0 Å². The second-order valence-corrected chi connectivity index (χ2v) is 5.18. The van der Waals surface area contributed by atoms with Crippen LogP contribution in [0.1, 0.15) is 16.7 Å². The lowest BCUT2D eigenvalue weighted by Crippen LogP contribution is -1.90. The predicted octanol–water partition coefficient (Wildman–Crippen LogP) is 5.25. The summed E-state index contributed by atoms with van der Waals surface area (Å²) in [6.07, 6.45) is 0.997. The van der Waals surface area contributed by atoms with E-state index in [1.807, 2.05) is 0 Å². The van der Waals surface area contributed by atoms with E-state index in [4.69, 9.17) is 0 Å². The molecule has 3 aromatic rings. The van der Waals surface area contributed by atoms with Crippen LogP contribution in [0.15, 0.2) is 78.9 Å². The molecule has 0 N–H and O–H groups in total. The summed E-state index contributed by atoms with van der Waals surface area (Å²) in [4.78, 5) is 0. The molecule has 0 radical (unpaired) electrons. The first-order valence-corrected chi connectivity index (χ1v) is 7.02. The Balaban J connectivity index is 1.88. The fraction of sp³-hybridized carbons (Fsp3) is 0.100. The second kappa shape index (κ2) is 5.75. The highest BCUT2D eigenvalue weighted by Gasteiger charge is 2.03. The molecule has 0 aliphatic rings. The minimum Gasteiger partial charge on any atom is -0.0622 e. The summed E-state index contributed by atoms with van der Waals surface area (Å²) < 4.78 is 0. The minimum atomic E-state index is 0.997. The highest BCUT2D eigenvalue weighted by Crippen LogP contribution is 2.24. The van der Waals surface area contributed by atoms with Gasteiger partial charge in [-0.3, -0.25) is 0 Å². The topological polar surface area (TPSA) is 0 Å². The molecule has 0 amide bonds. The molecule has 0 nitrogen and oxygen atoms in total. The molecular weight excluding hydrogens is 240 g/mol. The lowest BCUT2D eigenvalue weighted by Gasteiger charge is -2.09. The van der Waals surface area contributed by atoms with Crippen LogP contribution >= 0.6 is 0 Å². The fourth-order valence-electron chi connectivity index (χ4n) is 2.61. The molecule has 20 heavy (non-hydrogen) atoms. The van der Waals surface area contributed by atoms with Gasteiger partial charge in [-0.2, -0.15) is 0 Å². The lowest BCUT2D eigenvalue weighted by molar-refractivity contribution is 1.18. The Hall–Kier alpha value is -2.34. The second-order valence-electron chi connectivity index (χ2n) is 5.18. The van der Waals surface area contributed by atoms with Gasteiger partial charge in [0.25, 0.3) is 0 Å². The van der Waals surface area contributed by atoms with Crippen molar-refractivity contribution in [1.29, 1.82) is 0 Å². The molecule has 0 bridgehead atoms. The van der Waals surface area contributed by atoms with Crippen LogP contribution in [0.5, 0.6) is 0 Å². The van der Waals surface area contributed by atoms with E-state index in [1.165, 1.54) is 27.8 Å². The highest BCUT2D eigenvalue weighted by atomic mass is 14.1. The van der Waals surface area contributed by atoms with E-state index in [0.717, 1.165) is 6.42 Å². The van der Waals surface area contributed by atoms with Crippen LogP contribution in [0, 0.1) is 6.92 Å². The van der Waals surface area contributed by atoms with Crippen molar-refractivity contribution in [3.05, 3.63) is 95.6 Å². The van der Waals surface area contributed by atoms with Gasteiger partial charge in [-0.1, -0.05) is 78.9 Å². The van der Waals surface area contributed by atoms with Crippen molar-refractivity contribution in [3.63, 3.8) is 0 Å². The van der Waals surface area contributed by atoms with Gasteiger partial charge in [-0.05, 0) is 41.2 Å². The maximum Gasteiger partial charge on any atom is -0.00257 e. The molecule has 0 aromatic heterocycles. The van der Waals surface area contributed by atoms with Gasteiger partial charge in [0.2, 0.25) is 0 Å². The third-order valence-corrected chi connectivity index (χ3v) is 3.63. The van der Waals surface area contributed by atoms with Crippen molar-refractivity contribution < 1.29 is 0 Å². The summed E-state index contributed by atoms with van der Waals surface area (Å²) in [6.45, 7) is 2.19. The molecular formula is C20H18. The first kappa shape index (κ1) is 12.7. The monoisotopic (exact) mass is 258 g/mol. The zero-order valence-corrected chi connectivity index (χ0v) is 11.7. The van der Waals surface area contributed by atoms with E-state index in [1.54, 1.807) is 0 Å². The van der Waals surface area contributed by atoms with E-state index in [9.17, 15) is 0 Å². The van der Waals surface area contributed by atoms with Crippen LogP contribution in [0.3, 0.4) is 0 Å². The Morgan fingerprint density at radius 3 is 1.95 bits per heavy atom. The number of hydrogen-bond acceptors (Lipinski definition) is 0. The van der Waals surface area contributed by atoms with Crippen molar-refractivity contribution in [3.8, 4) is 11.1 Å². The quantitative estimate of drug-likeness (QED) is 0.601. The largest absolute Gasteiger partial charge is 0.0622 e. The average molecular weight is 258 g/mol. The molecule has 0 saturated carbocycles. The van der Waals surface area contributed by atoms with Crippen molar-refractivity contribution in [1.82, 2.24) is 0 Å². The molecule has 0 atom stereocenters. The lowest BCUT2D eigenvalue weighted by atomic mass is 9.96. The SMILES string of the molecule is Cc1cc(Cc2ccccc2)ccc1-c1ccccc1. The Labute approximate surface area is 120 Å². The smallest absolute Gasteiger partial charge is 0.00257 e. The van der Waals surface area contributed by atoms with Gasteiger partial charge in [-0.15, -0.1) is 0 Å². The van der Waals surface area contributed by atoms with E-state index >= 15 is 0 Å². The van der Waals surface area contributed by atoms with Gasteiger partial charge in [0.1, 0.15) is 0 Å². The summed E-state index contributed by atoms with van der Waals surface area (Å²) in [6, 6.07) is 28.0. The summed E-state index contributed by atoms with van der Waals surface area (Å²) in [5.74, 6) is 0. The van der Waals surface area contributed by atoms with Crippen LogP contribution in [0.25, 0.3) is 11.1 Å². The molecule has 0 heteroatoms. The average Bonchev–Trinajstić information content (AvgIpc) is 2.49. The van der Waals surface area contributed by atoms with E-state index in [-0.39, 0.29) is 0 Å². The maximum absolute atomic E-state index is 2.30. The molecule has 0 aliphatic carbocycles. The van der Waals surface area contributed by atoms with Crippen molar-refractivity contribution in [2.75, 3.05) is 0 Å². The Morgan fingerprint density at radius 2 is 1.30 bits per heavy atom. The Kier molecular flexibility index (Phi) is 3.64. The summed E-state index contributed by atoms with van der Waals surface area (Å²) in [7, 11) is 0. The van der Waals surface area contributed by atoms with Crippen molar-refractivity contribution >= 4 is 0 Å². The fourth-order valence-corrected chi connectivity index (χ4v) is 2.61. The highest BCUT2D eigenvalue weighted by molar-refractivity contribution is 5.67. The van der Waals surface area contributed by atoms with Crippen LogP contribution < -0.4 is 0 Å². The number of benzene rings is 3. The van der Waals surface area contributed by atoms with E-state index < -0.39 is 0 Å². The van der Waals surface area contributed by atoms with Crippen LogP contribution in [-0.2, 0) is 6.42 Å². The predicted molar refractivity (Wildman–Crippen MR) is 85.9 cm³/mol. The van der Waals surface area contributed by atoms with Crippen molar-refractivity contribution in [2.45, 2.75) is 13.3 Å². The first-order chi connectivity index (χ1) is 9.83. The van der Waals surface area contributed by atoms with Gasteiger partial charge in [0, 0.05) is 0 Å². The van der Waals surface area contributed by atoms with Gasteiger partial charge >= 0.3 is 0 Å². The molecule has 3 aromatic carbocycles. The molecule has 0 saturated heterocycles. The summed E-state index contributed by atoms with van der Waals surface area (Å²) in [5, 5.41) is 0. The van der Waals surface area contributed by atoms with Gasteiger partial charge in [0.05, 0.1) is 0 Å². The molecule has 0 fully saturated rings. The van der Waals surface area contributed by atoms with Crippen molar-refractivity contribution in [2.24, 2.45) is 0 Å². The molecule has 0 spiro atoms. The number of rotatable bonds is 3. The van der Waals surface area contributed by atoms with Crippen LogP contribution in [-0.4, -0.2) is 0 Å². The van der Waals surface area contributed by atoms with Gasteiger partial charge < -0.3 is 0 Å². The molecule has 0 unspecified atom stereocenters. The van der Waals surface area contributed by atoms with Crippen LogP contribution in [0.4, 0.5) is 0 Å². The van der Waals surface area contributed by atoms with Gasteiger partial charge in [0.15, 0.2) is 0 Å². The molecule has 3 rings (SSSR count). The zero-order chi connectivity index (χ0) is 13.8. The molecule has 0 aliphatic heterocycles. The number of aryl methyl sites for hydroxylation is 1. The molecule has 0 heterocycles. The Bertz CT molecular complexity index is 682. The molecule has 98 valence electrons. The first-order valence-electron chi connectivity index (χ1n) is 7.02. The normalized spacial score (nSPS) is 10.4. The summed E-state index contributed by atoms with van der Waals surface area (Å²) in [5.41, 5.74) is 6.68. The summed E-state index contributed by atoms with van der Waals surface area (Å²) >= 11 is 0. The zero-order valence-electron chi connectivity index (χ0n) is 11.7. The minimum absolute atomic E-state index is 0.997. The van der Waals surface area contributed by atoms with E-state index in [2.05, 4.69) is 85.8 Å². The number of hydrogen-bond donors (Lipinski definition) is 0. The maximum atomic E-state index is 2.30.